The van der Waals surface area contributed by atoms with Crippen LogP contribution in [-0.2, 0) is 71.3 Å². The molecule has 0 aromatic rings. The Hall–Kier alpha value is -3.20. The van der Waals surface area contributed by atoms with E-state index in [9.17, 15) is 101 Å². The van der Waals surface area contributed by atoms with E-state index >= 15 is 0 Å². The van der Waals surface area contributed by atoms with Crippen LogP contribution in [0.3, 0.4) is 0 Å². The lowest BCUT2D eigenvalue weighted by Gasteiger charge is -2.51. The summed E-state index contributed by atoms with van der Waals surface area (Å²) in [7, 11) is 0. The van der Waals surface area contributed by atoms with Crippen molar-refractivity contribution in [3.8, 4) is 0 Å². The molecule has 0 spiro atoms. The number of amides is 4. The highest BCUT2D eigenvalue weighted by atomic mass is 16.8. The number of aliphatic hydroxyl groups excluding tert-OH is 16. The highest BCUT2D eigenvalue weighted by Crippen LogP contribution is 2.38. The van der Waals surface area contributed by atoms with Crippen LogP contribution >= 0.6 is 0 Å². The molecule has 0 aliphatic carbocycles. The smallest absolute Gasteiger partial charge is 0.217 e. The van der Waals surface area contributed by atoms with E-state index in [1.165, 1.54) is 0 Å². The Bertz CT molecular complexity index is 1990. The molecule has 0 saturated carbocycles. The Morgan fingerprint density at radius 1 is 0.304 bits per heavy atom. The van der Waals surface area contributed by atoms with E-state index in [4.69, 9.17) is 52.1 Å². The molecule has 456 valence electrons. The summed E-state index contributed by atoms with van der Waals surface area (Å²) in [5.41, 5.74) is 0. The Morgan fingerprint density at radius 3 is 1.01 bits per heavy atom. The minimum Gasteiger partial charge on any atom is -0.394 e. The monoisotopic (exact) mass is 1150 g/mol. The fourth-order valence-corrected chi connectivity index (χ4v) is 10.1. The maximum Gasteiger partial charge on any atom is 0.217 e. The van der Waals surface area contributed by atoms with Gasteiger partial charge >= 0.3 is 0 Å². The number of carbonyl (C=O) groups is 4. The summed E-state index contributed by atoms with van der Waals surface area (Å²) in [6.07, 6.45) is -50.1. The molecule has 35 nitrogen and oxygen atoms in total. The van der Waals surface area contributed by atoms with Gasteiger partial charge in [-0.05, 0) is 0 Å². The summed E-state index contributed by atoms with van der Waals surface area (Å²) in [6, 6.07) is -6.66. The zero-order valence-electron chi connectivity index (χ0n) is 42.8. The van der Waals surface area contributed by atoms with Crippen LogP contribution in [0.2, 0.25) is 0 Å². The molecule has 4 amide bonds. The number of ether oxygens (including phenoxy) is 11. The van der Waals surface area contributed by atoms with E-state index in [1.54, 1.807) is 0 Å². The average molecular weight is 1160 g/mol. The van der Waals surface area contributed by atoms with E-state index in [0.717, 1.165) is 27.7 Å². The maximum atomic E-state index is 12.6. The van der Waals surface area contributed by atoms with Crippen LogP contribution < -0.4 is 21.3 Å². The van der Waals surface area contributed by atoms with Crippen molar-refractivity contribution in [2.45, 2.75) is 212 Å². The van der Waals surface area contributed by atoms with Crippen LogP contribution in [0.4, 0.5) is 0 Å². The second-order valence-electron chi connectivity index (χ2n) is 19.7. The summed E-state index contributed by atoms with van der Waals surface area (Å²) < 4.78 is 64.6. The largest absolute Gasteiger partial charge is 0.394 e. The van der Waals surface area contributed by atoms with Crippen LogP contribution in [0.15, 0.2) is 0 Å². The molecule has 6 rings (SSSR count). The third-order valence-electron chi connectivity index (χ3n) is 14.0. The van der Waals surface area contributed by atoms with Crippen molar-refractivity contribution in [3.05, 3.63) is 0 Å². The summed E-state index contributed by atoms with van der Waals surface area (Å²) >= 11 is 0. The third kappa shape index (κ3) is 14.6. The van der Waals surface area contributed by atoms with Crippen molar-refractivity contribution in [1.82, 2.24) is 21.3 Å². The fourth-order valence-electron chi connectivity index (χ4n) is 10.1. The number of hydrogen-bond donors (Lipinski definition) is 20. The summed E-state index contributed by atoms with van der Waals surface area (Å²) in [6.45, 7) is -1.89. The van der Waals surface area contributed by atoms with Crippen molar-refractivity contribution in [3.63, 3.8) is 0 Å². The normalized spacial score (nSPS) is 46.7. The van der Waals surface area contributed by atoms with E-state index in [1.807, 2.05) is 0 Å². The Kier molecular flexibility index (Phi) is 23.3. The third-order valence-corrected chi connectivity index (χ3v) is 14.0. The molecule has 0 aromatic heterocycles. The molecule has 6 heterocycles. The SMILES string of the molecule is CC(=O)N[C@@H]1[C@@H](O)[C@H](O[C@@H]2O[C@H](CO)[C@@H](O[C@@H]3O[C@H](CO)[C@@H](O)[C@H](O[C@H]4O[C@H](CO)[C@@H](O[C@@H]5O[C@H](CO)[C@@H](O)[C@H](O)[C@H]5NC(C)=O)[C@H](O)[C@@H]4O[C@@H]4O[C@H](CO)[C@@H](O)[C@H](O)[C@H]4NC(C)=O)[C@@H]3O)[C@H](O)[C@H]2NC(C)=O)[C@@H](CO)O[C@H]1O. The van der Waals surface area contributed by atoms with Gasteiger partial charge in [0, 0.05) is 27.7 Å². The molecule has 20 N–H and O–H groups in total. The number of carbonyl (C=O) groups excluding carboxylic acids is 4. The van der Waals surface area contributed by atoms with Crippen LogP contribution in [0.25, 0.3) is 0 Å². The van der Waals surface area contributed by atoms with Gasteiger partial charge in [0.1, 0.15) is 146 Å². The van der Waals surface area contributed by atoms with E-state index in [-0.39, 0.29) is 0 Å². The number of hydrogen-bond acceptors (Lipinski definition) is 31. The molecule has 0 aromatic carbocycles. The van der Waals surface area contributed by atoms with Crippen LogP contribution in [0.5, 0.6) is 0 Å². The second-order valence-corrected chi connectivity index (χ2v) is 19.7. The zero-order valence-corrected chi connectivity index (χ0v) is 42.8. The van der Waals surface area contributed by atoms with Gasteiger partial charge in [-0.25, -0.2) is 0 Å². The molecule has 79 heavy (non-hydrogen) atoms. The second kappa shape index (κ2) is 28.4. The molecular formula is C44H74N4O31. The van der Waals surface area contributed by atoms with Crippen LogP contribution in [0, 0.1) is 0 Å². The zero-order chi connectivity index (χ0) is 58.5. The van der Waals surface area contributed by atoms with Gasteiger partial charge in [0.2, 0.25) is 23.6 Å². The maximum absolute atomic E-state index is 12.6. The van der Waals surface area contributed by atoms with Gasteiger partial charge in [0.25, 0.3) is 0 Å². The van der Waals surface area contributed by atoms with Gasteiger partial charge in [-0.15, -0.1) is 0 Å². The molecule has 6 fully saturated rings. The molecule has 6 aliphatic rings. The number of aliphatic hydroxyl groups is 16. The standard InChI is InChI=1S/C44H74N4O31/c1-11(55)45-21-30(64)34(18(8-52)69-39(21)68)75-42-24(48-14(4)58)31(65)35(19(9-53)73-42)77-43-33(67)37(27(61)17(7-51)72-43)78-44-38(79-41-23(47-13(3)57)29(63)26(60)16(6-50)71-41)32(66)36(20(10-54)74-44)76-40-22(46-12(2)56)28(62)25(59)15(5-49)70-40/h15-44,49-54,59-68H,5-10H2,1-4H3,(H,45,55)(H,46,56)(H,47,57)(H,48,58)/t15-,16-,17-,18-,19-,20-,21-,22-,23-,24-,25-,26-,27-,28-,29-,30-,31-,32+,33+,34-,35-,36-,37+,38+,39-,40+,41+,42+,43+,44-/m1/s1. The first-order valence-corrected chi connectivity index (χ1v) is 25.1. The predicted molar refractivity (Wildman–Crippen MR) is 246 cm³/mol. The molecule has 6 aliphatic heterocycles. The molecule has 0 bridgehead atoms. The lowest BCUT2D eigenvalue weighted by molar-refractivity contribution is -0.400. The van der Waals surface area contributed by atoms with Crippen molar-refractivity contribution < 1.29 is 153 Å². The van der Waals surface area contributed by atoms with Crippen molar-refractivity contribution in [2.24, 2.45) is 0 Å². The van der Waals surface area contributed by atoms with Crippen LogP contribution in [-0.4, -0.2) is 329 Å². The van der Waals surface area contributed by atoms with Gasteiger partial charge in [0.05, 0.1) is 39.6 Å². The number of nitrogens with one attached hydrogen (secondary N) is 4. The molecule has 6 saturated heterocycles. The number of rotatable bonds is 20. The Labute approximate surface area is 448 Å². The average Bonchev–Trinajstić information content (AvgIpc) is 3.45. The van der Waals surface area contributed by atoms with Gasteiger partial charge in [0.15, 0.2) is 37.7 Å². The summed E-state index contributed by atoms with van der Waals surface area (Å²) in [5, 5.41) is 184. The van der Waals surface area contributed by atoms with E-state index in [0.29, 0.717) is 0 Å². The topological polar surface area (TPSA) is 542 Å². The summed E-state index contributed by atoms with van der Waals surface area (Å²) in [5.74, 6) is -3.16. The molecule has 0 unspecified atom stereocenters. The first-order chi connectivity index (χ1) is 37.3. The molecule has 35 heteroatoms. The van der Waals surface area contributed by atoms with E-state index in [2.05, 4.69) is 21.3 Å². The highest BCUT2D eigenvalue weighted by Gasteiger charge is 2.59. The van der Waals surface area contributed by atoms with Crippen molar-refractivity contribution in [2.75, 3.05) is 39.6 Å². The van der Waals surface area contributed by atoms with Crippen molar-refractivity contribution in [1.29, 1.82) is 0 Å². The predicted octanol–water partition coefficient (Wildman–Crippen LogP) is -13.5. The lowest BCUT2D eigenvalue weighted by Crippen LogP contribution is -2.71. The van der Waals surface area contributed by atoms with Gasteiger partial charge in [-0.2, -0.15) is 0 Å². The molecule has 0 radical (unpaired) electrons. The van der Waals surface area contributed by atoms with Gasteiger partial charge < -0.3 is 155 Å². The molecular weight excluding hydrogens is 1080 g/mol. The van der Waals surface area contributed by atoms with Gasteiger partial charge in [-0.1, -0.05) is 0 Å². The Morgan fingerprint density at radius 2 is 0.595 bits per heavy atom. The first-order valence-electron chi connectivity index (χ1n) is 25.1. The fraction of sp³-hybridized carbons (Fsp3) is 0.909. The first kappa shape index (κ1) is 65.0. The van der Waals surface area contributed by atoms with E-state index < -0.39 is 247 Å². The van der Waals surface area contributed by atoms with Crippen molar-refractivity contribution >= 4 is 23.6 Å². The molecule has 30 atom stereocenters. The minimum atomic E-state index is -2.32. The minimum absolute atomic E-state index is 0.716. The summed E-state index contributed by atoms with van der Waals surface area (Å²) in [4.78, 5) is 49.2. The highest BCUT2D eigenvalue weighted by molar-refractivity contribution is 5.74. The van der Waals surface area contributed by atoms with Crippen LogP contribution in [0.1, 0.15) is 27.7 Å². The lowest BCUT2D eigenvalue weighted by atomic mass is 9.93. The Balaban J connectivity index is 1.32. The quantitative estimate of drug-likeness (QED) is 0.0538. The van der Waals surface area contributed by atoms with Gasteiger partial charge in [-0.3, -0.25) is 19.2 Å².